The van der Waals surface area contributed by atoms with E-state index in [2.05, 4.69) is 5.32 Å². The van der Waals surface area contributed by atoms with Crippen molar-refractivity contribution in [1.82, 2.24) is 5.32 Å². The number of hydrogen-bond donors (Lipinski definition) is 2. The van der Waals surface area contributed by atoms with E-state index < -0.39 is 0 Å². The lowest BCUT2D eigenvalue weighted by atomic mass is 9.84. The molecule has 0 aromatic carbocycles. The third kappa shape index (κ3) is 3.45. The van der Waals surface area contributed by atoms with Crippen LogP contribution in [0.1, 0.15) is 51.4 Å². The van der Waals surface area contributed by atoms with Crippen molar-refractivity contribution in [1.29, 1.82) is 0 Å². The first-order valence-electron chi connectivity index (χ1n) is 7.22. The monoisotopic (exact) mass is 255 g/mol. The Kier molecular flexibility index (Phi) is 5.01. The second-order valence-electron chi connectivity index (χ2n) is 5.70. The van der Waals surface area contributed by atoms with E-state index in [4.69, 9.17) is 4.74 Å². The van der Waals surface area contributed by atoms with E-state index in [1.807, 2.05) is 0 Å². The van der Waals surface area contributed by atoms with Crippen LogP contribution in [0.25, 0.3) is 0 Å². The molecule has 0 aliphatic heterocycles. The molecule has 104 valence electrons. The van der Waals surface area contributed by atoms with Crippen molar-refractivity contribution in [2.45, 2.75) is 69.6 Å². The van der Waals surface area contributed by atoms with Crippen LogP contribution in [0.2, 0.25) is 0 Å². The Morgan fingerprint density at radius 3 is 2.39 bits per heavy atom. The molecule has 2 atom stereocenters. The number of aliphatic hydroxyl groups is 1. The van der Waals surface area contributed by atoms with Crippen molar-refractivity contribution < 1.29 is 14.6 Å². The van der Waals surface area contributed by atoms with Gasteiger partial charge in [-0.25, -0.2) is 0 Å². The first-order valence-corrected chi connectivity index (χ1v) is 7.22. The van der Waals surface area contributed by atoms with E-state index in [0.717, 1.165) is 44.9 Å². The predicted octanol–water partition coefficient (Wildman–Crippen LogP) is 1.61. The first-order chi connectivity index (χ1) is 8.70. The summed E-state index contributed by atoms with van der Waals surface area (Å²) in [5.74, 6) is 0.0236. The molecule has 2 aliphatic carbocycles. The number of hydrogen-bond acceptors (Lipinski definition) is 4. The van der Waals surface area contributed by atoms with Gasteiger partial charge in [-0.1, -0.05) is 12.8 Å². The summed E-state index contributed by atoms with van der Waals surface area (Å²) in [7, 11) is 1.46. The molecule has 0 unspecified atom stereocenters. The quantitative estimate of drug-likeness (QED) is 0.752. The third-order valence-electron chi connectivity index (χ3n) is 4.44. The minimum Gasteiger partial charge on any atom is -0.469 e. The highest BCUT2D eigenvalue weighted by Gasteiger charge is 2.30. The fourth-order valence-corrected chi connectivity index (χ4v) is 3.27. The summed E-state index contributed by atoms with van der Waals surface area (Å²) in [6, 6.07) is 0.724. The molecule has 0 heterocycles. The number of ether oxygens (including phenoxy) is 1. The first kappa shape index (κ1) is 13.8. The Morgan fingerprint density at radius 2 is 1.78 bits per heavy atom. The maximum absolute atomic E-state index is 11.4. The number of carbonyl (C=O) groups excluding carboxylic acids is 1. The normalized spacial score (nSPS) is 37.2. The topological polar surface area (TPSA) is 58.6 Å². The van der Waals surface area contributed by atoms with Crippen LogP contribution in [0.4, 0.5) is 0 Å². The number of methoxy groups -OCH3 is 1. The molecule has 18 heavy (non-hydrogen) atoms. The van der Waals surface area contributed by atoms with Gasteiger partial charge in [-0.15, -0.1) is 0 Å². The Morgan fingerprint density at radius 1 is 1.11 bits per heavy atom. The van der Waals surface area contributed by atoms with Gasteiger partial charge >= 0.3 is 5.97 Å². The number of carbonyl (C=O) groups is 1. The standard InChI is InChI=1S/C14H25NO3/c1-18-14(17)10-6-8-11(9-7-10)15-12-4-2-3-5-13(12)16/h10-13,15-16H,2-9H2,1H3/t10?,11?,12-,13-/m1/s1. The second-order valence-corrected chi connectivity index (χ2v) is 5.70. The highest BCUT2D eigenvalue weighted by Crippen LogP contribution is 2.27. The smallest absolute Gasteiger partial charge is 0.308 e. The van der Waals surface area contributed by atoms with Crippen LogP contribution in [-0.4, -0.2) is 36.4 Å². The lowest BCUT2D eigenvalue weighted by Crippen LogP contribution is -2.48. The van der Waals surface area contributed by atoms with E-state index in [1.54, 1.807) is 0 Å². The molecule has 0 spiro atoms. The number of nitrogens with one attached hydrogen (secondary N) is 1. The van der Waals surface area contributed by atoms with Gasteiger partial charge in [-0.3, -0.25) is 4.79 Å². The molecule has 0 aromatic heterocycles. The van der Waals surface area contributed by atoms with Gasteiger partial charge in [0.2, 0.25) is 0 Å². The molecule has 0 radical (unpaired) electrons. The fourth-order valence-electron chi connectivity index (χ4n) is 3.27. The van der Waals surface area contributed by atoms with Crippen LogP contribution in [0, 0.1) is 5.92 Å². The van der Waals surface area contributed by atoms with Crippen LogP contribution >= 0.6 is 0 Å². The minimum absolute atomic E-state index is 0.0637. The van der Waals surface area contributed by atoms with Gasteiger partial charge in [0.05, 0.1) is 19.1 Å². The summed E-state index contributed by atoms with van der Waals surface area (Å²) >= 11 is 0. The highest BCUT2D eigenvalue weighted by molar-refractivity contribution is 5.72. The minimum atomic E-state index is -0.183. The summed E-state index contributed by atoms with van der Waals surface area (Å²) in [4.78, 5) is 11.4. The Bertz CT molecular complexity index is 274. The molecule has 2 N–H and O–H groups in total. The lowest BCUT2D eigenvalue weighted by Gasteiger charge is -2.35. The van der Waals surface area contributed by atoms with Crippen molar-refractivity contribution in [2.24, 2.45) is 5.92 Å². The zero-order valence-electron chi connectivity index (χ0n) is 11.2. The van der Waals surface area contributed by atoms with Gasteiger partial charge in [0.15, 0.2) is 0 Å². The van der Waals surface area contributed by atoms with Gasteiger partial charge < -0.3 is 15.2 Å². The number of rotatable bonds is 3. The van der Waals surface area contributed by atoms with E-state index in [1.165, 1.54) is 13.5 Å². The zero-order valence-corrected chi connectivity index (χ0v) is 11.2. The van der Waals surface area contributed by atoms with Gasteiger partial charge in [0.25, 0.3) is 0 Å². The second kappa shape index (κ2) is 6.53. The molecule has 0 amide bonds. The van der Waals surface area contributed by atoms with Crippen molar-refractivity contribution in [3.05, 3.63) is 0 Å². The third-order valence-corrected chi connectivity index (χ3v) is 4.44. The van der Waals surface area contributed by atoms with Crippen molar-refractivity contribution in [3.63, 3.8) is 0 Å². The van der Waals surface area contributed by atoms with Crippen LogP contribution in [-0.2, 0) is 9.53 Å². The Labute approximate surface area is 109 Å². The summed E-state index contributed by atoms with van der Waals surface area (Å²) in [6.07, 6.45) is 8.04. The Balaban J connectivity index is 1.74. The summed E-state index contributed by atoms with van der Waals surface area (Å²) < 4.78 is 4.79. The summed E-state index contributed by atoms with van der Waals surface area (Å²) in [6.45, 7) is 0. The molecule has 2 aliphatic rings. The van der Waals surface area contributed by atoms with E-state index in [9.17, 15) is 9.90 Å². The van der Waals surface area contributed by atoms with E-state index in [0.29, 0.717) is 6.04 Å². The molecular formula is C14H25NO3. The van der Waals surface area contributed by atoms with Crippen molar-refractivity contribution in [3.8, 4) is 0 Å². The molecule has 4 nitrogen and oxygen atoms in total. The van der Waals surface area contributed by atoms with E-state index >= 15 is 0 Å². The number of esters is 1. The Hall–Kier alpha value is -0.610. The van der Waals surface area contributed by atoms with Gasteiger partial charge in [0, 0.05) is 12.1 Å². The molecular weight excluding hydrogens is 230 g/mol. The SMILES string of the molecule is COC(=O)C1CCC(N[C@@H]2CCCC[C@H]2O)CC1. The van der Waals surface area contributed by atoms with Gasteiger partial charge in [0.1, 0.15) is 0 Å². The van der Waals surface area contributed by atoms with Crippen molar-refractivity contribution >= 4 is 5.97 Å². The maximum Gasteiger partial charge on any atom is 0.308 e. The summed E-state index contributed by atoms with van der Waals surface area (Å²) in [5, 5.41) is 13.5. The average molecular weight is 255 g/mol. The van der Waals surface area contributed by atoms with Crippen LogP contribution in [0.15, 0.2) is 0 Å². The van der Waals surface area contributed by atoms with Gasteiger partial charge in [-0.05, 0) is 38.5 Å². The van der Waals surface area contributed by atoms with Crippen LogP contribution < -0.4 is 5.32 Å². The molecule has 0 saturated heterocycles. The zero-order chi connectivity index (χ0) is 13.0. The molecule has 2 rings (SSSR count). The largest absolute Gasteiger partial charge is 0.469 e. The van der Waals surface area contributed by atoms with Gasteiger partial charge in [-0.2, -0.15) is 0 Å². The highest BCUT2D eigenvalue weighted by atomic mass is 16.5. The van der Waals surface area contributed by atoms with Crippen molar-refractivity contribution in [2.75, 3.05) is 7.11 Å². The molecule has 4 heteroatoms. The molecule has 2 fully saturated rings. The van der Waals surface area contributed by atoms with E-state index in [-0.39, 0.29) is 24.0 Å². The van der Waals surface area contributed by atoms with Crippen LogP contribution in [0.3, 0.4) is 0 Å². The van der Waals surface area contributed by atoms with Crippen LogP contribution in [0.5, 0.6) is 0 Å². The number of aliphatic hydroxyl groups excluding tert-OH is 1. The molecule has 2 saturated carbocycles. The molecule has 0 aromatic rings. The lowest BCUT2D eigenvalue weighted by molar-refractivity contribution is -0.146. The average Bonchev–Trinajstić information content (AvgIpc) is 2.41. The molecule has 0 bridgehead atoms. The fraction of sp³-hybridized carbons (Fsp3) is 0.929. The summed E-state index contributed by atoms with van der Waals surface area (Å²) in [5.41, 5.74) is 0. The maximum atomic E-state index is 11.4. The predicted molar refractivity (Wildman–Crippen MR) is 69.2 cm³/mol.